The minimum atomic E-state index is -0.496. The van der Waals surface area contributed by atoms with E-state index in [1.165, 1.54) is 0 Å². The van der Waals surface area contributed by atoms with Gasteiger partial charge in [-0.15, -0.1) is 0 Å². The van der Waals surface area contributed by atoms with Gasteiger partial charge >= 0.3 is 0 Å². The molecule has 3 rings (SSSR count). The number of anilines is 2. The fourth-order valence-corrected chi connectivity index (χ4v) is 2.29. The second-order valence-corrected chi connectivity index (χ2v) is 4.85. The number of benzene rings is 2. The van der Waals surface area contributed by atoms with Crippen LogP contribution in [-0.2, 0) is 0 Å². The first kappa shape index (κ1) is 12.6. The van der Waals surface area contributed by atoms with Gasteiger partial charge in [0.1, 0.15) is 5.69 Å². The third-order valence-corrected chi connectivity index (χ3v) is 3.30. The molecule has 0 fully saturated rings. The predicted octanol–water partition coefficient (Wildman–Crippen LogP) is 3.35. The molecule has 3 nitrogen and oxygen atoms in total. The van der Waals surface area contributed by atoms with E-state index in [0.29, 0.717) is 22.0 Å². The summed E-state index contributed by atoms with van der Waals surface area (Å²) in [5, 5.41) is 3.54. The van der Waals surface area contributed by atoms with Crippen molar-refractivity contribution in [1.82, 2.24) is 0 Å². The Hall–Kier alpha value is -2.39. The fourth-order valence-electron chi connectivity index (χ4n) is 2.10. The van der Waals surface area contributed by atoms with Crippen LogP contribution in [0.15, 0.2) is 64.2 Å². The Bertz CT molecular complexity index is 833. The number of halogens is 1. The van der Waals surface area contributed by atoms with Crippen LogP contribution in [0.3, 0.4) is 0 Å². The summed E-state index contributed by atoms with van der Waals surface area (Å²) in [4.78, 5) is 23.5. The van der Waals surface area contributed by atoms with Crippen molar-refractivity contribution in [2.45, 2.75) is 0 Å². The van der Waals surface area contributed by atoms with E-state index in [2.05, 4.69) is 5.32 Å². The summed E-state index contributed by atoms with van der Waals surface area (Å²) >= 11 is 5.90. The van der Waals surface area contributed by atoms with Crippen LogP contribution in [0.25, 0.3) is 11.1 Å². The zero-order chi connectivity index (χ0) is 14.1. The highest BCUT2D eigenvalue weighted by Crippen LogP contribution is 2.26. The van der Waals surface area contributed by atoms with Crippen molar-refractivity contribution in [2.24, 2.45) is 0 Å². The van der Waals surface area contributed by atoms with Crippen LogP contribution in [0.4, 0.5) is 11.4 Å². The first-order valence-corrected chi connectivity index (χ1v) is 6.46. The van der Waals surface area contributed by atoms with E-state index in [0.717, 1.165) is 5.56 Å². The summed E-state index contributed by atoms with van der Waals surface area (Å²) in [5.41, 5.74) is 1.21. The van der Waals surface area contributed by atoms with Crippen LogP contribution in [0.1, 0.15) is 0 Å². The Balaban J connectivity index is 2.02. The van der Waals surface area contributed by atoms with Crippen molar-refractivity contribution >= 4 is 23.0 Å². The summed E-state index contributed by atoms with van der Waals surface area (Å²) in [6.45, 7) is 0. The Kier molecular flexibility index (Phi) is 3.12. The number of rotatable bonds is 3. The molecule has 4 heteroatoms. The van der Waals surface area contributed by atoms with Gasteiger partial charge in [0.15, 0.2) is 0 Å². The maximum Gasteiger partial charge on any atom is 0.250 e. The smallest absolute Gasteiger partial charge is 0.250 e. The van der Waals surface area contributed by atoms with Crippen molar-refractivity contribution in [3.8, 4) is 11.1 Å². The maximum absolute atomic E-state index is 11.8. The van der Waals surface area contributed by atoms with E-state index in [-0.39, 0.29) is 0 Å². The van der Waals surface area contributed by atoms with Crippen LogP contribution in [0.5, 0.6) is 0 Å². The molecule has 0 unspecified atom stereocenters. The van der Waals surface area contributed by atoms with Crippen LogP contribution in [-0.4, -0.2) is 0 Å². The second kappa shape index (κ2) is 4.94. The van der Waals surface area contributed by atoms with Crippen molar-refractivity contribution in [2.75, 3.05) is 5.32 Å². The Morgan fingerprint density at radius 1 is 0.850 bits per heavy atom. The molecule has 0 spiro atoms. The molecule has 0 saturated carbocycles. The average molecular weight is 284 g/mol. The summed E-state index contributed by atoms with van der Waals surface area (Å²) in [6, 6.07) is 16.1. The Labute approximate surface area is 120 Å². The molecule has 3 aromatic carbocycles. The molecular formula is C16H10ClNO2. The lowest BCUT2D eigenvalue weighted by molar-refractivity contribution is 1.38. The molecule has 0 heterocycles. The van der Waals surface area contributed by atoms with Gasteiger partial charge in [-0.05, 0) is 23.8 Å². The molecule has 20 heavy (non-hydrogen) atoms. The van der Waals surface area contributed by atoms with E-state index in [1.807, 2.05) is 18.2 Å². The first-order valence-electron chi connectivity index (χ1n) is 6.08. The quantitative estimate of drug-likeness (QED) is 0.750. The summed E-state index contributed by atoms with van der Waals surface area (Å²) in [5.74, 6) is 0. The summed E-state index contributed by atoms with van der Waals surface area (Å²) in [7, 11) is 0. The third kappa shape index (κ3) is 2.12. The normalized spacial score (nSPS) is 10.7. The zero-order valence-electron chi connectivity index (χ0n) is 10.4. The highest BCUT2D eigenvalue weighted by molar-refractivity contribution is 6.30. The van der Waals surface area contributed by atoms with Crippen molar-refractivity contribution in [3.05, 3.63) is 80.1 Å². The highest BCUT2D eigenvalue weighted by Gasteiger charge is 2.22. The van der Waals surface area contributed by atoms with Gasteiger partial charge in [-0.25, -0.2) is 0 Å². The van der Waals surface area contributed by atoms with Crippen LogP contribution >= 0.6 is 11.6 Å². The SMILES string of the molecule is O=c1c(Nc2cccc(Cl)c2)c(-c2ccccc2)c1=O. The topological polar surface area (TPSA) is 46.2 Å². The fraction of sp³-hybridized carbons (Fsp3) is 0. The molecule has 0 atom stereocenters. The predicted molar refractivity (Wildman–Crippen MR) is 81.5 cm³/mol. The summed E-state index contributed by atoms with van der Waals surface area (Å²) < 4.78 is 0. The van der Waals surface area contributed by atoms with Crippen molar-refractivity contribution in [3.63, 3.8) is 0 Å². The zero-order valence-corrected chi connectivity index (χ0v) is 11.1. The van der Waals surface area contributed by atoms with Crippen LogP contribution in [0, 0.1) is 0 Å². The van der Waals surface area contributed by atoms with Crippen molar-refractivity contribution < 1.29 is 0 Å². The third-order valence-electron chi connectivity index (χ3n) is 3.07. The van der Waals surface area contributed by atoms with Gasteiger partial charge < -0.3 is 5.32 Å². The molecule has 0 aliphatic heterocycles. The standard InChI is InChI=1S/C16H10ClNO2/c17-11-7-4-8-12(9-11)18-14-13(15(19)16(14)20)10-5-2-1-3-6-10/h1-9,18H. The molecule has 98 valence electrons. The van der Waals surface area contributed by atoms with Gasteiger partial charge in [-0.1, -0.05) is 48.0 Å². The maximum atomic E-state index is 11.8. The largest absolute Gasteiger partial charge is 0.352 e. The monoisotopic (exact) mass is 283 g/mol. The van der Waals surface area contributed by atoms with E-state index in [4.69, 9.17) is 11.6 Å². The van der Waals surface area contributed by atoms with Gasteiger partial charge in [-0.3, -0.25) is 9.59 Å². The van der Waals surface area contributed by atoms with Crippen LogP contribution in [0.2, 0.25) is 5.02 Å². The van der Waals surface area contributed by atoms with E-state index < -0.39 is 10.9 Å². The van der Waals surface area contributed by atoms with Gasteiger partial charge in [0.05, 0.1) is 5.56 Å². The number of hydrogen-bond acceptors (Lipinski definition) is 3. The molecule has 0 bridgehead atoms. The molecule has 0 amide bonds. The molecule has 0 aliphatic rings. The minimum Gasteiger partial charge on any atom is -0.352 e. The van der Waals surface area contributed by atoms with E-state index in [9.17, 15) is 9.59 Å². The van der Waals surface area contributed by atoms with E-state index in [1.54, 1.807) is 36.4 Å². The molecule has 0 saturated heterocycles. The molecule has 3 aromatic rings. The molecule has 0 aromatic heterocycles. The molecular weight excluding hydrogens is 274 g/mol. The second-order valence-electron chi connectivity index (χ2n) is 4.41. The lowest BCUT2D eigenvalue weighted by Crippen LogP contribution is -2.35. The minimum absolute atomic E-state index is 0.323. The Morgan fingerprint density at radius 2 is 1.60 bits per heavy atom. The Morgan fingerprint density at radius 3 is 2.30 bits per heavy atom. The number of nitrogens with one attached hydrogen (secondary N) is 1. The van der Waals surface area contributed by atoms with E-state index >= 15 is 0 Å². The first-order chi connectivity index (χ1) is 9.66. The molecule has 1 N–H and O–H groups in total. The summed E-state index contributed by atoms with van der Waals surface area (Å²) in [6.07, 6.45) is 0. The number of hydrogen-bond donors (Lipinski definition) is 1. The van der Waals surface area contributed by atoms with Crippen molar-refractivity contribution in [1.29, 1.82) is 0 Å². The van der Waals surface area contributed by atoms with Gasteiger partial charge in [0.2, 0.25) is 5.43 Å². The lowest BCUT2D eigenvalue weighted by atomic mass is 9.98. The van der Waals surface area contributed by atoms with Crippen LogP contribution < -0.4 is 16.2 Å². The average Bonchev–Trinajstić information content (AvgIpc) is 2.47. The van der Waals surface area contributed by atoms with Gasteiger partial charge in [0.25, 0.3) is 5.43 Å². The molecule has 0 aliphatic carbocycles. The van der Waals surface area contributed by atoms with Gasteiger partial charge in [0, 0.05) is 10.7 Å². The highest BCUT2D eigenvalue weighted by atomic mass is 35.5. The lowest BCUT2D eigenvalue weighted by Gasteiger charge is -2.13. The molecule has 0 radical (unpaired) electrons. The van der Waals surface area contributed by atoms with Gasteiger partial charge in [-0.2, -0.15) is 0 Å².